The minimum Gasteiger partial charge on any atom is -0.367 e. The van der Waals surface area contributed by atoms with E-state index in [9.17, 15) is 0 Å². The van der Waals surface area contributed by atoms with E-state index in [1.807, 2.05) is 6.07 Å². The predicted molar refractivity (Wildman–Crippen MR) is 83.3 cm³/mol. The van der Waals surface area contributed by atoms with Crippen molar-refractivity contribution in [3.8, 4) is 0 Å². The number of aromatic nitrogens is 2. The lowest BCUT2D eigenvalue weighted by Crippen LogP contribution is -2.33. The van der Waals surface area contributed by atoms with Crippen LogP contribution < -0.4 is 5.32 Å². The maximum Gasteiger partial charge on any atom is 0.132 e. The number of halogens is 1. The van der Waals surface area contributed by atoms with Crippen molar-refractivity contribution in [2.24, 2.45) is 11.8 Å². The maximum absolute atomic E-state index is 4.62. The highest BCUT2D eigenvalue weighted by Gasteiger charge is 2.25. The highest BCUT2D eigenvalue weighted by atomic mass is 79.9. The Bertz CT molecular complexity index is 422. The number of hydrogen-bond acceptors (Lipinski definition) is 3. The highest BCUT2D eigenvalue weighted by molar-refractivity contribution is 9.10. The summed E-state index contributed by atoms with van der Waals surface area (Å²) in [5, 5.41) is 3.61. The number of nitrogens with one attached hydrogen (secondary N) is 1. The first-order chi connectivity index (χ1) is 9.08. The van der Waals surface area contributed by atoms with Gasteiger partial charge in [-0.1, -0.05) is 20.8 Å². The van der Waals surface area contributed by atoms with Gasteiger partial charge in [0.1, 0.15) is 16.2 Å². The zero-order chi connectivity index (χ0) is 13.8. The summed E-state index contributed by atoms with van der Waals surface area (Å²) in [5.41, 5.74) is 0. The number of anilines is 1. The number of hydrogen-bond donors (Lipinski definition) is 1. The molecule has 19 heavy (non-hydrogen) atoms. The van der Waals surface area contributed by atoms with E-state index in [1.54, 1.807) is 0 Å². The zero-order valence-corrected chi connectivity index (χ0v) is 13.7. The summed E-state index contributed by atoms with van der Waals surface area (Å²) in [7, 11) is 0. The van der Waals surface area contributed by atoms with Crippen LogP contribution in [0.3, 0.4) is 0 Å². The van der Waals surface area contributed by atoms with Crippen LogP contribution in [0.1, 0.15) is 52.3 Å². The van der Waals surface area contributed by atoms with Crippen LogP contribution in [0.15, 0.2) is 10.7 Å². The van der Waals surface area contributed by atoms with E-state index in [4.69, 9.17) is 0 Å². The van der Waals surface area contributed by atoms with E-state index >= 15 is 0 Å². The predicted octanol–water partition coefficient (Wildman–Crippen LogP) is 4.43. The van der Waals surface area contributed by atoms with E-state index < -0.39 is 0 Å². The molecule has 0 aliphatic heterocycles. The third kappa shape index (κ3) is 4.16. The second kappa shape index (κ2) is 6.69. The number of rotatable bonds is 4. The molecule has 1 saturated carbocycles. The Kier molecular flexibility index (Phi) is 5.20. The molecule has 3 atom stereocenters. The van der Waals surface area contributed by atoms with Crippen LogP contribution in [0.2, 0.25) is 0 Å². The maximum atomic E-state index is 4.62. The van der Waals surface area contributed by atoms with Gasteiger partial charge in [0, 0.05) is 18.5 Å². The van der Waals surface area contributed by atoms with E-state index in [0.29, 0.717) is 12.0 Å². The Morgan fingerprint density at radius 1 is 1.32 bits per heavy atom. The van der Waals surface area contributed by atoms with Crippen molar-refractivity contribution in [3.05, 3.63) is 16.5 Å². The molecular formula is C15H24BrN3. The quantitative estimate of drug-likeness (QED) is 0.832. The summed E-state index contributed by atoms with van der Waals surface area (Å²) < 4.78 is 0.880. The molecule has 1 aromatic rings. The Labute approximate surface area is 124 Å². The molecule has 4 heteroatoms. The van der Waals surface area contributed by atoms with Gasteiger partial charge in [0.25, 0.3) is 0 Å². The Morgan fingerprint density at radius 2 is 2.11 bits per heavy atom. The fourth-order valence-electron chi connectivity index (χ4n) is 2.94. The van der Waals surface area contributed by atoms with Gasteiger partial charge in [-0.15, -0.1) is 0 Å². The van der Waals surface area contributed by atoms with Gasteiger partial charge in [-0.05, 0) is 53.4 Å². The third-order valence-electron chi connectivity index (χ3n) is 3.98. The molecule has 3 unspecified atom stereocenters. The molecule has 0 radical (unpaired) electrons. The van der Waals surface area contributed by atoms with Crippen LogP contribution in [0.25, 0.3) is 0 Å². The van der Waals surface area contributed by atoms with Crippen molar-refractivity contribution in [1.82, 2.24) is 9.97 Å². The Hall–Kier alpha value is -0.640. The van der Waals surface area contributed by atoms with Gasteiger partial charge in [-0.25, -0.2) is 9.97 Å². The fraction of sp³-hybridized carbons (Fsp3) is 0.733. The van der Waals surface area contributed by atoms with Crippen molar-refractivity contribution >= 4 is 21.7 Å². The summed E-state index contributed by atoms with van der Waals surface area (Å²) in [6, 6.07) is 2.54. The molecule has 1 heterocycles. The van der Waals surface area contributed by atoms with E-state index in [0.717, 1.165) is 35.0 Å². The van der Waals surface area contributed by atoms with Crippen LogP contribution in [-0.2, 0) is 6.42 Å². The van der Waals surface area contributed by atoms with Crippen LogP contribution in [-0.4, -0.2) is 16.0 Å². The lowest BCUT2D eigenvalue weighted by molar-refractivity contribution is 0.276. The lowest BCUT2D eigenvalue weighted by atomic mass is 9.80. The smallest absolute Gasteiger partial charge is 0.132 e. The zero-order valence-electron chi connectivity index (χ0n) is 12.1. The number of aryl methyl sites for hydroxylation is 1. The monoisotopic (exact) mass is 325 g/mol. The van der Waals surface area contributed by atoms with Crippen LogP contribution in [0, 0.1) is 11.8 Å². The van der Waals surface area contributed by atoms with Gasteiger partial charge in [-0.2, -0.15) is 0 Å². The summed E-state index contributed by atoms with van der Waals surface area (Å²) in [5.74, 6) is 3.47. The molecule has 1 aliphatic rings. The molecule has 1 aliphatic carbocycles. The average Bonchev–Trinajstić information content (AvgIpc) is 2.32. The van der Waals surface area contributed by atoms with Crippen LogP contribution in [0.5, 0.6) is 0 Å². The van der Waals surface area contributed by atoms with Crippen LogP contribution in [0.4, 0.5) is 5.82 Å². The molecule has 1 aromatic heterocycles. The normalized spacial score (nSPS) is 27.3. The molecule has 1 fully saturated rings. The van der Waals surface area contributed by atoms with Gasteiger partial charge >= 0.3 is 0 Å². The summed E-state index contributed by atoms with van der Waals surface area (Å²) >= 11 is 3.48. The van der Waals surface area contributed by atoms with Crippen molar-refractivity contribution in [1.29, 1.82) is 0 Å². The molecule has 0 saturated heterocycles. The molecule has 1 N–H and O–H groups in total. The van der Waals surface area contributed by atoms with Gasteiger partial charge in [0.2, 0.25) is 0 Å². The van der Waals surface area contributed by atoms with Gasteiger partial charge < -0.3 is 5.32 Å². The first kappa shape index (κ1) is 14.8. The van der Waals surface area contributed by atoms with Crippen LogP contribution >= 0.6 is 15.9 Å². The molecule has 3 nitrogen and oxygen atoms in total. The fourth-order valence-corrected chi connectivity index (χ4v) is 3.37. The molecule has 0 bridgehead atoms. The van der Waals surface area contributed by atoms with Crippen molar-refractivity contribution < 1.29 is 0 Å². The molecule has 106 valence electrons. The molecular weight excluding hydrogens is 302 g/mol. The standard InChI is InChI=1S/C15H24BrN3/c1-4-5-14-18-13(16)9-15(19-14)17-12-7-6-10(2)8-11(12)3/h9-12H,4-8H2,1-3H3,(H,17,18,19). The largest absolute Gasteiger partial charge is 0.367 e. The third-order valence-corrected chi connectivity index (χ3v) is 4.39. The summed E-state index contributed by atoms with van der Waals surface area (Å²) in [4.78, 5) is 9.03. The topological polar surface area (TPSA) is 37.8 Å². The van der Waals surface area contributed by atoms with Crippen molar-refractivity contribution in [3.63, 3.8) is 0 Å². The average molecular weight is 326 g/mol. The summed E-state index contributed by atoms with van der Waals surface area (Å²) in [6.07, 6.45) is 5.88. The Balaban J connectivity index is 2.05. The number of nitrogens with zero attached hydrogens (tertiary/aromatic N) is 2. The summed E-state index contributed by atoms with van der Waals surface area (Å²) in [6.45, 7) is 6.85. The minimum atomic E-state index is 0.549. The lowest BCUT2D eigenvalue weighted by Gasteiger charge is -2.33. The second-order valence-electron chi connectivity index (χ2n) is 5.89. The Morgan fingerprint density at radius 3 is 2.79 bits per heavy atom. The first-order valence-electron chi connectivity index (χ1n) is 7.38. The second-order valence-corrected chi connectivity index (χ2v) is 6.70. The minimum absolute atomic E-state index is 0.549. The first-order valence-corrected chi connectivity index (χ1v) is 8.17. The molecule has 2 rings (SSSR count). The van der Waals surface area contributed by atoms with E-state index in [-0.39, 0.29) is 0 Å². The van der Waals surface area contributed by atoms with E-state index in [1.165, 1.54) is 19.3 Å². The highest BCUT2D eigenvalue weighted by Crippen LogP contribution is 2.30. The molecule has 0 amide bonds. The SMILES string of the molecule is CCCc1nc(Br)cc(NC2CCC(C)CC2C)n1. The van der Waals surface area contributed by atoms with Gasteiger partial charge in [0.15, 0.2) is 0 Å². The van der Waals surface area contributed by atoms with Crippen molar-refractivity contribution in [2.45, 2.75) is 58.9 Å². The molecule has 0 aromatic carbocycles. The van der Waals surface area contributed by atoms with E-state index in [2.05, 4.69) is 52.0 Å². The van der Waals surface area contributed by atoms with Gasteiger partial charge in [0.05, 0.1) is 0 Å². The van der Waals surface area contributed by atoms with Gasteiger partial charge in [-0.3, -0.25) is 0 Å². The molecule has 0 spiro atoms. The van der Waals surface area contributed by atoms with Crippen molar-refractivity contribution in [2.75, 3.05) is 5.32 Å².